The van der Waals surface area contributed by atoms with E-state index in [2.05, 4.69) is 10.3 Å². The van der Waals surface area contributed by atoms with Crippen LogP contribution in [-0.4, -0.2) is 86.8 Å². The molecule has 50 heavy (non-hydrogen) atoms. The Morgan fingerprint density at radius 1 is 1.02 bits per heavy atom. The third-order valence-electron chi connectivity index (χ3n) is 7.81. The highest BCUT2D eigenvalue weighted by Crippen LogP contribution is 2.43. The fourth-order valence-corrected chi connectivity index (χ4v) is 5.15. The summed E-state index contributed by atoms with van der Waals surface area (Å²) in [5.41, 5.74) is -4.86. The Bertz CT molecular complexity index is 1590. The first kappa shape index (κ1) is 40.3. The number of nitriles is 1. The smallest absolute Gasteiger partial charge is 0.420 e. The molecule has 1 aromatic heterocycles. The number of carbonyl (C=O) groups is 2. The van der Waals surface area contributed by atoms with Crippen LogP contribution in [0.4, 0.5) is 28.9 Å². The van der Waals surface area contributed by atoms with Crippen LogP contribution in [0.3, 0.4) is 0 Å². The van der Waals surface area contributed by atoms with Gasteiger partial charge in [-0.05, 0) is 56.6 Å². The molecular formula is C33H41F4N5O7S. The number of hydrogen-bond donors (Lipinski definition) is 1. The second-order valence-corrected chi connectivity index (χ2v) is 13.1. The molecule has 1 saturated heterocycles. The van der Waals surface area contributed by atoms with E-state index in [-0.39, 0.29) is 79.6 Å². The summed E-state index contributed by atoms with van der Waals surface area (Å²) in [7, 11) is 1.31. The Hall–Kier alpha value is -4.11. The van der Waals surface area contributed by atoms with Gasteiger partial charge in [-0.1, -0.05) is 20.8 Å². The van der Waals surface area contributed by atoms with Crippen molar-refractivity contribution >= 4 is 40.5 Å². The maximum Gasteiger partial charge on any atom is 0.420 e. The van der Waals surface area contributed by atoms with E-state index in [1.807, 2.05) is 27.7 Å². The number of amides is 2. The molecule has 274 valence electrons. The molecule has 0 bridgehead atoms. The van der Waals surface area contributed by atoms with Crippen LogP contribution in [0.25, 0.3) is 0 Å². The fraction of sp³-hybridized carbons (Fsp3) is 0.545. The van der Waals surface area contributed by atoms with Crippen molar-refractivity contribution in [2.24, 2.45) is 5.41 Å². The van der Waals surface area contributed by atoms with Crippen molar-refractivity contribution in [1.82, 2.24) is 10.3 Å². The quantitative estimate of drug-likeness (QED) is 0.142. The van der Waals surface area contributed by atoms with Crippen LogP contribution in [0, 0.1) is 22.6 Å². The Labute approximate surface area is 293 Å². The molecular weight excluding hydrogens is 686 g/mol. The van der Waals surface area contributed by atoms with E-state index in [0.717, 1.165) is 12.1 Å². The van der Waals surface area contributed by atoms with Crippen LogP contribution in [0.5, 0.6) is 11.8 Å². The van der Waals surface area contributed by atoms with Gasteiger partial charge in [-0.25, -0.2) is 4.39 Å². The highest BCUT2D eigenvalue weighted by Gasteiger charge is 2.53. The molecule has 1 aliphatic heterocycles. The molecule has 12 nitrogen and oxygen atoms in total. The SMILES string of the molecule is COc1nc(OCCOCCOCCOCC(=O)NC(C)C(C)(C)C)ccc1N1C(=S)N(c2ccc(C#N)c(C(F)(F)F)c2F)C(=O)C1(C)C. The first-order chi connectivity index (χ1) is 23.4. The molecule has 2 aromatic rings. The summed E-state index contributed by atoms with van der Waals surface area (Å²) in [4.78, 5) is 31.7. The molecule has 2 amide bonds. The van der Waals surface area contributed by atoms with Gasteiger partial charge in [-0.15, -0.1) is 0 Å². The molecule has 1 N–H and O–H groups in total. The number of methoxy groups -OCH3 is 1. The van der Waals surface area contributed by atoms with Crippen LogP contribution >= 0.6 is 12.2 Å². The van der Waals surface area contributed by atoms with Crippen molar-refractivity contribution in [2.45, 2.75) is 59.3 Å². The number of thiocarbonyl (C=S) groups is 1. The third-order valence-corrected chi connectivity index (χ3v) is 8.18. The number of nitrogens with zero attached hydrogens (tertiary/aromatic N) is 4. The molecule has 3 rings (SSSR count). The summed E-state index contributed by atoms with van der Waals surface area (Å²) in [6.45, 7) is 12.3. The summed E-state index contributed by atoms with van der Waals surface area (Å²) < 4.78 is 83.7. The first-order valence-electron chi connectivity index (χ1n) is 15.5. The third kappa shape index (κ3) is 9.56. The highest BCUT2D eigenvalue weighted by molar-refractivity contribution is 7.81. The van der Waals surface area contributed by atoms with Crippen molar-refractivity contribution in [2.75, 3.05) is 63.2 Å². The molecule has 1 aliphatic rings. The van der Waals surface area contributed by atoms with E-state index in [0.29, 0.717) is 11.5 Å². The van der Waals surface area contributed by atoms with Crippen molar-refractivity contribution in [1.29, 1.82) is 5.26 Å². The molecule has 0 saturated carbocycles. The molecule has 1 unspecified atom stereocenters. The molecule has 1 aromatic carbocycles. The summed E-state index contributed by atoms with van der Waals surface area (Å²) in [5, 5.41) is 11.7. The summed E-state index contributed by atoms with van der Waals surface area (Å²) in [6.07, 6.45) is -5.20. The molecule has 0 aliphatic carbocycles. The lowest BCUT2D eigenvalue weighted by atomic mass is 9.88. The van der Waals surface area contributed by atoms with Crippen LogP contribution in [0.2, 0.25) is 0 Å². The Kier molecular flexibility index (Phi) is 13.5. The van der Waals surface area contributed by atoms with Gasteiger partial charge in [0, 0.05) is 12.1 Å². The first-order valence-corrected chi connectivity index (χ1v) is 16.0. The molecule has 17 heteroatoms. The lowest BCUT2D eigenvalue weighted by Crippen LogP contribution is -2.44. The number of aromatic nitrogens is 1. The second kappa shape index (κ2) is 16.7. The zero-order chi connectivity index (χ0) is 37.4. The van der Waals surface area contributed by atoms with Crippen molar-refractivity contribution in [3.05, 3.63) is 41.2 Å². The number of carbonyl (C=O) groups excluding carboxylic acids is 2. The number of pyridine rings is 1. The zero-order valence-corrected chi connectivity index (χ0v) is 29.7. The van der Waals surface area contributed by atoms with Gasteiger partial charge >= 0.3 is 6.18 Å². The zero-order valence-electron chi connectivity index (χ0n) is 28.9. The van der Waals surface area contributed by atoms with E-state index in [9.17, 15) is 22.8 Å². The minimum Gasteiger partial charge on any atom is -0.479 e. The predicted octanol–water partition coefficient (Wildman–Crippen LogP) is 5.02. The van der Waals surface area contributed by atoms with Gasteiger partial charge in [0.15, 0.2) is 10.9 Å². The normalized spacial score (nSPS) is 15.2. The Morgan fingerprint density at radius 2 is 1.60 bits per heavy atom. The van der Waals surface area contributed by atoms with E-state index in [1.54, 1.807) is 0 Å². The van der Waals surface area contributed by atoms with Gasteiger partial charge in [0.25, 0.3) is 5.91 Å². The average molecular weight is 728 g/mol. The van der Waals surface area contributed by atoms with Gasteiger partial charge in [0.1, 0.15) is 30.0 Å². The van der Waals surface area contributed by atoms with Gasteiger partial charge in [0.2, 0.25) is 17.7 Å². The molecule has 0 spiro atoms. The monoisotopic (exact) mass is 727 g/mol. The number of benzene rings is 1. The van der Waals surface area contributed by atoms with Gasteiger partial charge in [0.05, 0.1) is 57.5 Å². The summed E-state index contributed by atoms with van der Waals surface area (Å²) >= 11 is 5.49. The minimum absolute atomic E-state index is 0.00623. The van der Waals surface area contributed by atoms with Crippen LogP contribution in [-0.2, 0) is 30.0 Å². The van der Waals surface area contributed by atoms with E-state index in [1.165, 1.54) is 44.1 Å². The Morgan fingerprint density at radius 3 is 2.16 bits per heavy atom. The standard InChI is InChI=1S/C33H41F4N5O7S/c1-20(31(2,3)4)39-24(43)19-48-15-14-46-12-13-47-16-17-49-25-11-10-23(28(40-25)45-7)42-30(50)41(29(44)32(42,5)6)22-9-8-21(18-38)26(27(22)34)33(35,36)37/h8-11,20H,12-17,19H2,1-7H3,(H,39,43). The van der Waals surface area contributed by atoms with Crippen LogP contribution in [0.1, 0.15) is 52.7 Å². The predicted molar refractivity (Wildman–Crippen MR) is 179 cm³/mol. The average Bonchev–Trinajstić information content (AvgIpc) is 3.20. The van der Waals surface area contributed by atoms with Crippen LogP contribution in [0.15, 0.2) is 24.3 Å². The number of nitrogens with one attached hydrogen (secondary N) is 1. The lowest BCUT2D eigenvalue weighted by molar-refractivity contribution is -0.140. The molecule has 1 atom stereocenters. The van der Waals surface area contributed by atoms with Crippen molar-refractivity contribution in [3.63, 3.8) is 0 Å². The number of ether oxygens (including phenoxy) is 5. The maximum absolute atomic E-state index is 15.3. The number of rotatable bonds is 16. The number of alkyl halides is 3. The van der Waals surface area contributed by atoms with Gasteiger partial charge < -0.3 is 29.0 Å². The maximum atomic E-state index is 15.3. The lowest BCUT2D eigenvalue weighted by Gasteiger charge is -2.30. The van der Waals surface area contributed by atoms with E-state index in [4.69, 9.17) is 41.2 Å². The summed E-state index contributed by atoms with van der Waals surface area (Å²) in [6, 6.07) is 5.99. The Balaban J connectivity index is 1.53. The van der Waals surface area contributed by atoms with Crippen molar-refractivity contribution < 1.29 is 50.8 Å². The highest BCUT2D eigenvalue weighted by atomic mass is 32.1. The topological polar surface area (TPSA) is 135 Å². The largest absolute Gasteiger partial charge is 0.479 e. The number of halogens is 4. The van der Waals surface area contributed by atoms with E-state index >= 15 is 4.39 Å². The van der Waals surface area contributed by atoms with Crippen molar-refractivity contribution in [3.8, 4) is 17.8 Å². The fourth-order valence-electron chi connectivity index (χ4n) is 4.65. The number of hydrogen-bond acceptors (Lipinski definition) is 10. The second-order valence-electron chi connectivity index (χ2n) is 12.7. The minimum atomic E-state index is -5.20. The summed E-state index contributed by atoms with van der Waals surface area (Å²) in [5.74, 6) is -2.69. The van der Waals surface area contributed by atoms with E-state index < -0.39 is 40.3 Å². The molecule has 0 radical (unpaired) electrons. The molecule has 1 fully saturated rings. The van der Waals surface area contributed by atoms with Crippen LogP contribution < -0.4 is 24.6 Å². The van der Waals surface area contributed by atoms with Gasteiger partial charge in [-0.3, -0.25) is 19.4 Å². The number of anilines is 2. The van der Waals surface area contributed by atoms with Gasteiger partial charge in [-0.2, -0.15) is 23.4 Å². The molecule has 2 heterocycles.